The molecule has 2 atom stereocenters. The molecule has 1 aromatic rings. The Morgan fingerprint density at radius 2 is 1.83 bits per heavy atom. The smallest absolute Gasteiger partial charge is 0.272 e. The number of carbonyl (C=O) groups excluding carboxylic acids is 2. The normalized spacial score (nSPS) is 28.0. The van der Waals surface area contributed by atoms with Crippen LogP contribution < -0.4 is 0 Å². The van der Waals surface area contributed by atoms with Crippen LogP contribution in [0.15, 0.2) is 53.0 Å². The van der Waals surface area contributed by atoms with Gasteiger partial charge in [0.2, 0.25) is 6.04 Å². The molecule has 1 aromatic carbocycles. The molecule has 0 amide bonds. The Hall–Kier alpha value is -2.38. The molecule has 1 saturated heterocycles. The Morgan fingerprint density at radius 1 is 1.12 bits per heavy atom. The van der Waals surface area contributed by atoms with Gasteiger partial charge in [-0.25, -0.2) is 8.42 Å². The highest BCUT2D eigenvalue weighted by atomic mass is 35.7. The number of carbonyl (C=O) groups is 2. The lowest BCUT2D eigenvalue weighted by atomic mass is 9.78. The monoisotopic (exact) mass is 360 g/mol. The van der Waals surface area contributed by atoms with E-state index in [-0.39, 0.29) is 5.57 Å². The van der Waals surface area contributed by atoms with E-state index in [0.717, 1.165) is 22.4 Å². The van der Waals surface area contributed by atoms with Crippen molar-refractivity contribution in [3.05, 3.63) is 69.6 Å². The van der Waals surface area contributed by atoms with Crippen molar-refractivity contribution in [3.8, 4) is 0 Å². The first-order chi connectivity index (χ1) is 11.3. The fraction of sp³-hybridized carbons (Fsp3) is 0.125. The summed E-state index contributed by atoms with van der Waals surface area (Å²) >= 11 is 0. The van der Waals surface area contributed by atoms with Crippen molar-refractivity contribution in [1.29, 1.82) is 0 Å². The maximum Gasteiger partial charge on any atom is 0.272 e. The minimum Gasteiger partial charge on any atom is -0.505 e. The van der Waals surface area contributed by atoms with Gasteiger partial charge >= 0.3 is 0 Å². The summed E-state index contributed by atoms with van der Waals surface area (Å²) in [4.78, 5) is 23.9. The predicted octanol–water partition coefficient (Wildman–Crippen LogP) is 1.86. The molecule has 1 fully saturated rings. The van der Waals surface area contributed by atoms with Gasteiger partial charge in [0.15, 0.2) is 11.6 Å². The van der Waals surface area contributed by atoms with Gasteiger partial charge in [0.1, 0.15) is 4.91 Å². The van der Waals surface area contributed by atoms with Gasteiger partial charge in [-0.1, -0.05) is 30.3 Å². The molecular weight excluding hydrogens is 352 g/mol. The second kappa shape index (κ2) is 4.58. The number of allylic oxidation sites excluding steroid dienone is 3. The molecule has 2 aliphatic carbocycles. The van der Waals surface area contributed by atoms with Gasteiger partial charge < -0.3 is 5.53 Å². The highest BCUT2D eigenvalue weighted by Crippen LogP contribution is 2.56. The fourth-order valence-corrected chi connectivity index (χ4v) is 4.35. The highest BCUT2D eigenvalue weighted by Gasteiger charge is 2.73. The maximum absolute atomic E-state index is 12.5. The summed E-state index contributed by atoms with van der Waals surface area (Å²) in [5.41, 5.74) is 10.7. The number of rotatable bonds is 2. The molecule has 0 spiro atoms. The van der Waals surface area contributed by atoms with E-state index < -0.39 is 37.1 Å². The quantitative estimate of drug-likeness (QED) is 0.348. The van der Waals surface area contributed by atoms with Crippen LogP contribution >= 0.6 is 10.7 Å². The minimum atomic E-state index is -4.31. The predicted molar refractivity (Wildman–Crippen MR) is 85.5 cm³/mol. The van der Waals surface area contributed by atoms with Crippen molar-refractivity contribution in [2.75, 3.05) is 0 Å². The average molecular weight is 361 g/mol. The van der Waals surface area contributed by atoms with Crippen LogP contribution in [0.3, 0.4) is 0 Å². The van der Waals surface area contributed by atoms with Crippen molar-refractivity contribution in [3.63, 3.8) is 0 Å². The van der Waals surface area contributed by atoms with Crippen LogP contribution in [0.4, 0.5) is 0 Å². The molecule has 0 saturated carbocycles. The summed E-state index contributed by atoms with van der Waals surface area (Å²) in [5.74, 6) is -1.54. The van der Waals surface area contributed by atoms with Crippen LogP contribution in [0.25, 0.3) is 11.6 Å². The van der Waals surface area contributed by atoms with Gasteiger partial charge in [0, 0.05) is 28.4 Å². The number of nitrogens with zero attached hydrogens (tertiary/aromatic N) is 2. The van der Waals surface area contributed by atoms with E-state index in [1.807, 2.05) is 18.2 Å². The largest absolute Gasteiger partial charge is 0.505 e. The van der Waals surface area contributed by atoms with Crippen molar-refractivity contribution < 1.29 is 22.7 Å². The van der Waals surface area contributed by atoms with Crippen molar-refractivity contribution >= 4 is 37.4 Å². The first-order valence-corrected chi connectivity index (χ1v) is 9.32. The zero-order valence-corrected chi connectivity index (χ0v) is 13.6. The SMILES string of the molecule is [N-]=[N+]1C2C=Cc3ccccc3C21C1=CC(=O)C(S(=O)(=O)Cl)=CC1=O. The van der Waals surface area contributed by atoms with Crippen LogP contribution in [-0.4, -0.2) is 30.7 Å². The van der Waals surface area contributed by atoms with E-state index >= 15 is 0 Å². The minimum absolute atomic E-state index is 0.0286. The molecule has 24 heavy (non-hydrogen) atoms. The first kappa shape index (κ1) is 15.2. The molecule has 1 aliphatic heterocycles. The van der Waals surface area contributed by atoms with Crippen LogP contribution in [-0.2, 0) is 24.2 Å². The van der Waals surface area contributed by atoms with Gasteiger partial charge in [0.25, 0.3) is 14.6 Å². The van der Waals surface area contributed by atoms with Gasteiger partial charge in [0.05, 0.1) is 5.57 Å². The molecule has 6 nitrogen and oxygen atoms in total. The zero-order chi connectivity index (χ0) is 17.3. The molecule has 1 heterocycles. The number of benzene rings is 1. The molecule has 120 valence electrons. The molecule has 3 aliphatic rings. The Morgan fingerprint density at radius 3 is 2.54 bits per heavy atom. The second-order valence-corrected chi connectivity index (χ2v) is 8.27. The third-order valence-electron chi connectivity index (χ3n) is 4.53. The van der Waals surface area contributed by atoms with Crippen LogP contribution in [0.1, 0.15) is 11.1 Å². The summed E-state index contributed by atoms with van der Waals surface area (Å²) in [6, 6.07) is 6.69. The van der Waals surface area contributed by atoms with E-state index in [9.17, 15) is 23.5 Å². The Bertz CT molecular complexity index is 1050. The summed E-state index contributed by atoms with van der Waals surface area (Å²) in [6.07, 6.45) is 5.24. The third-order valence-corrected chi connectivity index (χ3v) is 5.88. The van der Waals surface area contributed by atoms with Gasteiger partial charge in [-0.2, -0.15) is 0 Å². The van der Waals surface area contributed by atoms with E-state index in [1.165, 1.54) is 0 Å². The number of ketones is 2. The summed E-state index contributed by atoms with van der Waals surface area (Å²) in [6.45, 7) is 0. The topological polar surface area (TPSA) is 93.6 Å². The Labute approximate surface area is 141 Å². The molecule has 0 radical (unpaired) electrons. The molecule has 4 rings (SSSR count). The summed E-state index contributed by atoms with van der Waals surface area (Å²) < 4.78 is 23.8. The molecule has 2 unspecified atom stereocenters. The summed E-state index contributed by atoms with van der Waals surface area (Å²) in [7, 11) is 0.877. The number of fused-ring (bicyclic) bond motifs is 3. The van der Waals surface area contributed by atoms with Crippen molar-refractivity contribution in [1.82, 2.24) is 0 Å². The second-order valence-electron chi connectivity index (χ2n) is 5.74. The summed E-state index contributed by atoms with van der Waals surface area (Å²) in [5, 5.41) is 0. The first-order valence-electron chi connectivity index (χ1n) is 7.01. The molecular formula is C16H9ClN2O4S. The fourth-order valence-electron chi connectivity index (χ4n) is 3.44. The lowest BCUT2D eigenvalue weighted by Gasteiger charge is -2.18. The number of hydrogen-bond acceptors (Lipinski definition) is 4. The molecule has 8 heteroatoms. The van der Waals surface area contributed by atoms with E-state index in [4.69, 9.17) is 10.7 Å². The van der Waals surface area contributed by atoms with Crippen molar-refractivity contribution in [2.45, 2.75) is 11.6 Å². The van der Waals surface area contributed by atoms with Crippen LogP contribution in [0, 0.1) is 0 Å². The van der Waals surface area contributed by atoms with Crippen LogP contribution in [0.5, 0.6) is 0 Å². The lowest BCUT2D eigenvalue weighted by molar-refractivity contribution is -0.422. The van der Waals surface area contributed by atoms with Gasteiger partial charge in [-0.15, -0.1) is 0 Å². The highest BCUT2D eigenvalue weighted by molar-refractivity contribution is 8.17. The van der Waals surface area contributed by atoms with E-state index in [2.05, 4.69) is 0 Å². The van der Waals surface area contributed by atoms with E-state index in [0.29, 0.717) is 5.56 Å². The standard InChI is InChI=1S/C16H9ClN2O4S/c17-24(22,23)14-8-12(20)11(7-13(14)21)16-10-4-2-1-3-9(10)5-6-15(16)19(16)18/h1-8,15H. The van der Waals surface area contributed by atoms with Crippen LogP contribution in [0.2, 0.25) is 0 Å². The average Bonchev–Trinajstić information content (AvgIpc) is 3.14. The Balaban J connectivity index is 1.90. The zero-order valence-electron chi connectivity index (χ0n) is 12.0. The van der Waals surface area contributed by atoms with Gasteiger partial charge in [-0.05, 0) is 11.6 Å². The lowest BCUT2D eigenvalue weighted by Crippen LogP contribution is -2.29. The van der Waals surface area contributed by atoms with Crippen molar-refractivity contribution in [2.24, 2.45) is 0 Å². The molecule has 0 N–H and O–H groups in total. The third kappa shape index (κ3) is 1.79. The van der Waals surface area contributed by atoms with E-state index in [1.54, 1.807) is 18.2 Å². The molecule has 0 bridgehead atoms. The maximum atomic E-state index is 12.5. The van der Waals surface area contributed by atoms with Gasteiger partial charge in [-0.3, -0.25) is 14.3 Å². The number of halogens is 1. The number of hydrogen-bond donors (Lipinski definition) is 0. The Kier molecular flexibility index (Phi) is 2.90. The molecule has 0 aromatic heterocycles.